The van der Waals surface area contributed by atoms with Gasteiger partial charge < -0.3 is 16.0 Å². The van der Waals surface area contributed by atoms with Gasteiger partial charge in [-0.05, 0) is 67.3 Å². The van der Waals surface area contributed by atoms with Crippen molar-refractivity contribution in [2.24, 2.45) is 5.92 Å². The van der Waals surface area contributed by atoms with Crippen LogP contribution in [-0.4, -0.2) is 29.8 Å². The van der Waals surface area contributed by atoms with E-state index in [9.17, 15) is 18.8 Å². The third kappa shape index (κ3) is 5.63. The smallest absolute Gasteiger partial charge is 0.251 e. The summed E-state index contributed by atoms with van der Waals surface area (Å²) >= 11 is 0. The second-order valence-corrected chi connectivity index (χ2v) is 7.52. The van der Waals surface area contributed by atoms with E-state index in [0.717, 1.165) is 12.8 Å². The predicted molar refractivity (Wildman–Crippen MR) is 108 cm³/mol. The van der Waals surface area contributed by atoms with Gasteiger partial charge in [-0.15, -0.1) is 0 Å². The average Bonchev–Trinajstić information content (AvgIpc) is 3.50. The van der Waals surface area contributed by atoms with Crippen LogP contribution in [0.4, 0.5) is 10.1 Å². The Morgan fingerprint density at radius 3 is 2.00 bits per heavy atom. The van der Waals surface area contributed by atoms with E-state index >= 15 is 0 Å². The molecular weight excluding hydrogens is 373 g/mol. The first kappa shape index (κ1) is 20.5. The van der Waals surface area contributed by atoms with Crippen molar-refractivity contribution in [1.82, 2.24) is 10.6 Å². The minimum Gasteiger partial charge on any atom is -0.349 e. The molecule has 1 atom stereocenters. The van der Waals surface area contributed by atoms with Crippen LogP contribution in [0.3, 0.4) is 0 Å². The molecule has 3 N–H and O–H groups in total. The normalized spacial score (nSPS) is 14.2. The molecule has 0 bridgehead atoms. The Bertz CT molecular complexity index is 891. The summed E-state index contributed by atoms with van der Waals surface area (Å²) in [7, 11) is 0. The van der Waals surface area contributed by atoms with Gasteiger partial charge in [0.1, 0.15) is 11.9 Å². The Labute approximate surface area is 168 Å². The van der Waals surface area contributed by atoms with E-state index < -0.39 is 17.8 Å². The van der Waals surface area contributed by atoms with Crippen molar-refractivity contribution in [3.05, 3.63) is 65.5 Å². The summed E-state index contributed by atoms with van der Waals surface area (Å²) in [5.74, 6) is -1.55. The van der Waals surface area contributed by atoms with Gasteiger partial charge in [0.15, 0.2) is 0 Å². The SMILES string of the molecule is CC(C)C(NC(=O)c1ccc(F)cc1)C(=O)Nc1ccc(C(=O)NC2CC2)cc1. The van der Waals surface area contributed by atoms with E-state index in [1.807, 2.05) is 13.8 Å². The lowest BCUT2D eigenvalue weighted by atomic mass is 10.0. The highest BCUT2D eigenvalue weighted by molar-refractivity contribution is 6.01. The highest BCUT2D eigenvalue weighted by atomic mass is 19.1. The van der Waals surface area contributed by atoms with Crippen LogP contribution < -0.4 is 16.0 Å². The highest BCUT2D eigenvalue weighted by Gasteiger charge is 2.25. The quantitative estimate of drug-likeness (QED) is 0.671. The van der Waals surface area contributed by atoms with Crippen molar-refractivity contribution in [3.8, 4) is 0 Å². The van der Waals surface area contributed by atoms with Crippen molar-refractivity contribution in [3.63, 3.8) is 0 Å². The Hall–Kier alpha value is -3.22. The molecule has 0 heterocycles. The Morgan fingerprint density at radius 2 is 1.45 bits per heavy atom. The molecule has 0 saturated heterocycles. The summed E-state index contributed by atoms with van der Waals surface area (Å²) in [6, 6.07) is 11.2. The number of carbonyl (C=O) groups excluding carboxylic acids is 3. The topological polar surface area (TPSA) is 87.3 Å². The van der Waals surface area contributed by atoms with Crippen molar-refractivity contribution in [2.75, 3.05) is 5.32 Å². The van der Waals surface area contributed by atoms with Crippen LogP contribution >= 0.6 is 0 Å². The van der Waals surface area contributed by atoms with Gasteiger partial charge in [0.05, 0.1) is 0 Å². The van der Waals surface area contributed by atoms with Crippen LogP contribution in [-0.2, 0) is 4.79 Å². The van der Waals surface area contributed by atoms with Gasteiger partial charge in [-0.1, -0.05) is 13.8 Å². The third-order valence-corrected chi connectivity index (χ3v) is 4.67. The van der Waals surface area contributed by atoms with E-state index in [-0.39, 0.29) is 29.3 Å². The number of hydrogen-bond acceptors (Lipinski definition) is 3. The zero-order chi connectivity index (χ0) is 21.0. The van der Waals surface area contributed by atoms with E-state index in [1.165, 1.54) is 24.3 Å². The van der Waals surface area contributed by atoms with Gasteiger partial charge in [0.25, 0.3) is 11.8 Å². The molecule has 0 spiro atoms. The highest BCUT2D eigenvalue weighted by Crippen LogP contribution is 2.20. The van der Waals surface area contributed by atoms with E-state index in [0.29, 0.717) is 11.3 Å². The molecule has 1 saturated carbocycles. The number of hydrogen-bond donors (Lipinski definition) is 3. The van der Waals surface area contributed by atoms with Crippen molar-refractivity contribution >= 4 is 23.4 Å². The van der Waals surface area contributed by atoms with Gasteiger partial charge in [-0.2, -0.15) is 0 Å². The van der Waals surface area contributed by atoms with Crippen LogP contribution in [0, 0.1) is 11.7 Å². The Balaban J connectivity index is 1.62. The number of halogens is 1. The van der Waals surface area contributed by atoms with Gasteiger partial charge in [-0.3, -0.25) is 14.4 Å². The molecule has 3 rings (SSSR count). The van der Waals surface area contributed by atoms with Crippen molar-refractivity contribution < 1.29 is 18.8 Å². The number of carbonyl (C=O) groups is 3. The fourth-order valence-corrected chi connectivity index (χ4v) is 2.78. The van der Waals surface area contributed by atoms with Gasteiger partial charge in [-0.25, -0.2) is 4.39 Å². The molecule has 152 valence electrons. The molecule has 29 heavy (non-hydrogen) atoms. The lowest BCUT2D eigenvalue weighted by Crippen LogP contribution is -2.47. The van der Waals surface area contributed by atoms with Crippen LogP contribution in [0.15, 0.2) is 48.5 Å². The maximum absolute atomic E-state index is 13.0. The molecule has 2 aromatic carbocycles. The molecule has 6 nitrogen and oxygen atoms in total. The number of nitrogens with one attached hydrogen (secondary N) is 3. The molecular formula is C22H24FN3O3. The molecule has 7 heteroatoms. The van der Waals surface area contributed by atoms with E-state index in [2.05, 4.69) is 16.0 Å². The standard InChI is InChI=1S/C22H24FN3O3/c1-13(2)19(26-21(28)14-3-7-16(23)8-4-14)22(29)25-17-9-5-15(6-10-17)20(27)24-18-11-12-18/h3-10,13,18-19H,11-12H2,1-2H3,(H,24,27)(H,25,29)(H,26,28). The first-order valence-corrected chi connectivity index (χ1v) is 9.61. The molecule has 0 radical (unpaired) electrons. The predicted octanol–water partition coefficient (Wildman–Crippen LogP) is 3.11. The number of anilines is 1. The fourth-order valence-electron chi connectivity index (χ4n) is 2.78. The van der Waals surface area contributed by atoms with Gasteiger partial charge in [0.2, 0.25) is 5.91 Å². The summed E-state index contributed by atoms with van der Waals surface area (Å²) in [4.78, 5) is 37.1. The van der Waals surface area contributed by atoms with E-state index in [4.69, 9.17) is 0 Å². The lowest BCUT2D eigenvalue weighted by molar-refractivity contribution is -0.118. The lowest BCUT2D eigenvalue weighted by Gasteiger charge is -2.22. The summed E-state index contributed by atoms with van der Waals surface area (Å²) in [5, 5.41) is 8.36. The minimum absolute atomic E-state index is 0.128. The second kappa shape index (κ2) is 8.86. The monoisotopic (exact) mass is 397 g/mol. The summed E-state index contributed by atoms with van der Waals surface area (Å²) in [6.45, 7) is 3.64. The number of amides is 3. The van der Waals surface area contributed by atoms with Crippen LogP contribution in [0.1, 0.15) is 47.4 Å². The second-order valence-electron chi connectivity index (χ2n) is 7.52. The molecule has 2 aromatic rings. The summed E-state index contributed by atoms with van der Waals surface area (Å²) in [6.07, 6.45) is 2.03. The maximum Gasteiger partial charge on any atom is 0.251 e. The number of rotatable bonds is 7. The Kier molecular flexibility index (Phi) is 6.26. The molecule has 1 aliphatic rings. The largest absolute Gasteiger partial charge is 0.349 e. The van der Waals surface area contributed by atoms with Crippen LogP contribution in [0.2, 0.25) is 0 Å². The number of benzene rings is 2. The molecule has 1 fully saturated rings. The zero-order valence-electron chi connectivity index (χ0n) is 16.4. The van der Waals surface area contributed by atoms with E-state index in [1.54, 1.807) is 24.3 Å². The van der Waals surface area contributed by atoms with Crippen molar-refractivity contribution in [2.45, 2.75) is 38.8 Å². The zero-order valence-corrected chi connectivity index (χ0v) is 16.4. The third-order valence-electron chi connectivity index (χ3n) is 4.67. The van der Waals surface area contributed by atoms with Crippen LogP contribution in [0.5, 0.6) is 0 Å². The molecule has 0 aliphatic heterocycles. The molecule has 0 aromatic heterocycles. The maximum atomic E-state index is 13.0. The first-order chi connectivity index (χ1) is 13.8. The first-order valence-electron chi connectivity index (χ1n) is 9.61. The summed E-state index contributed by atoms with van der Waals surface area (Å²) in [5.41, 5.74) is 1.33. The summed E-state index contributed by atoms with van der Waals surface area (Å²) < 4.78 is 13.0. The minimum atomic E-state index is -0.773. The van der Waals surface area contributed by atoms with Gasteiger partial charge in [0, 0.05) is 22.9 Å². The average molecular weight is 397 g/mol. The Morgan fingerprint density at radius 1 is 0.897 bits per heavy atom. The fraction of sp³-hybridized carbons (Fsp3) is 0.318. The van der Waals surface area contributed by atoms with Crippen molar-refractivity contribution in [1.29, 1.82) is 0 Å². The molecule has 1 aliphatic carbocycles. The molecule has 1 unspecified atom stereocenters. The molecule has 3 amide bonds. The van der Waals surface area contributed by atoms with Crippen LogP contribution in [0.25, 0.3) is 0 Å². The van der Waals surface area contributed by atoms with Gasteiger partial charge >= 0.3 is 0 Å².